The number of halogens is 3. The van der Waals surface area contributed by atoms with Crippen LogP contribution in [0.3, 0.4) is 0 Å². The molecule has 4 aromatic rings. The summed E-state index contributed by atoms with van der Waals surface area (Å²) in [5, 5.41) is 9.29. The number of allylic oxidation sites excluding steroid dienone is 1. The Morgan fingerprint density at radius 2 is 1.82 bits per heavy atom. The quantitative estimate of drug-likeness (QED) is 0.354. The van der Waals surface area contributed by atoms with E-state index in [9.17, 15) is 13.2 Å². The van der Waals surface area contributed by atoms with E-state index in [1.807, 2.05) is 17.5 Å². The van der Waals surface area contributed by atoms with Gasteiger partial charge in [-0.15, -0.1) is 11.3 Å². The number of hydrogen-bond acceptors (Lipinski definition) is 5. The van der Waals surface area contributed by atoms with E-state index in [0.717, 1.165) is 10.9 Å². The number of rotatable bonds is 4. The van der Waals surface area contributed by atoms with Gasteiger partial charge in [-0.2, -0.15) is 4.98 Å². The zero-order valence-electron chi connectivity index (χ0n) is 17.1. The lowest BCUT2D eigenvalue weighted by molar-refractivity contribution is 0.404. The SMILES string of the molecule is CC1=C(c2nc(-c3cccs3)no2)C(c2cccc(F)c2)NC(=S)N1c1cc(F)cc(F)c1. The first-order valence-electron chi connectivity index (χ1n) is 9.81. The first-order chi connectivity index (χ1) is 15.9. The smallest absolute Gasteiger partial charge is 0.258 e. The van der Waals surface area contributed by atoms with Gasteiger partial charge in [0.05, 0.1) is 22.2 Å². The molecule has 1 N–H and O–H groups in total. The lowest BCUT2D eigenvalue weighted by Gasteiger charge is -2.37. The van der Waals surface area contributed by atoms with Crippen molar-refractivity contribution in [2.45, 2.75) is 13.0 Å². The molecule has 0 bridgehead atoms. The number of hydrogen-bond donors (Lipinski definition) is 1. The summed E-state index contributed by atoms with van der Waals surface area (Å²) in [6.45, 7) is 1.73. The van der Waals surface area contributed by atoms with Crippen LogP contribution in [0.4, 0.5) is 18.9 Å². The van der Waals surface area contributed by atoms with Gasteiger partial charge < -0.3 is 9.84 Å². The molecule has 1 atom stereocenters. The molecule has 0 amide bonds. The van der Waals surface area contributed by atoms with Crippen LogP contribution < -0.4 is 10.2 Å². The van der Waals surface area contributed by atoms with Gasteiger partial charge in [-0.1, -0.05) is 23.4 Å². The number of nitrogens with one attached hydrogen (secondary N) is 1. The number of benzene rings is 2. The van der Waals surface area contributed by atoms with E-state index in [2.05, 4.69) is 15.5 Å². The molecule has 0 saturated carbocycles. The van der Waals surface area contributed by atoms with Gasteiger partial charge in [0, 0.05) is 11.8 Å². The molecule has 5 nitrogen and oxygen atoms in total. The zero-order valence-corrected chi connectivity index (χ0v) is 18.7. The molecule has 2 aromatic heterocycles. The lowest BCUT2D eigenvalue weighted by Crippen LogP contribution is -2.46. The molecular formula is C23H15F3N4OS2. The van der Waals surface area contributed by atoms with Crippen LogP contribution in [-0.4, -0.2) is 15.3 Å². The summed E-state index contributed by atoms with van der Waals surface area (Å²) >= 11 is 6.99. The minimum atomic E-state index is -0.743. The maximum Gasteiger partial charge on any atom is 0.258 e. The van der Waals surface area contributed by atoms with Crippen molar-refractivity contribution in [3.8, 4) is 10.7 Å². The molecule has 33 heavy (non-hydrogen) atoms. The van der Waals surface area contributed by atoms with Crippen LogP contribution >= 0.6 is 23.6 Å². The standard InChI is InChI=1S/C23H15F3N4OS2/c1-12-19(22-28-21(29-31-22)18-6-3-7-33-18)20(13-4-2-5-14(24)8-13)27-23(32)30(12)17-10-15(25)9-16(26)11-17/h2-11,20H,1H3,(H,27,32). The second kappa shape index (κ2) is 8.45. The van der Waals surface area contributed by atoms with Gasteiger partial charge in [0.15, 0.2) is 5.11 Å². The fraction of sp³-hybridized carbons (Fsp3) is 0.0870. The van der Waals surface area contributed by atoms with Gasteiger partial charge >= 0.3 is 0 Å². The molecule has 3 heterocycles. The zero-order chi connectivity index (χ0) is 23.1. The number of anilines is 1. The van der Waals surface area contributed by atoms with Gasteiger partial charge in [0.2, 0.25) is 5.82 Å². The Morgan fingerprint density at radius 1 is 1.03 bits per heavy atom. The molecule has 166 valence electrons. The minimum Gasteiger partial charge on any atom is -0.351 e. The highest BCUT2D eigenvalue weighted by molar-refractivity contribution is 7.80. The molecule has 2 aromatic carbocycles. The average molecular weight is 485 g/mol. The Morgan fingerprint density at radius 3 is 2.52 bits per heavy atom. The molecular weight excluding hydrogens is 469 g/mol. The molecule has 1 unspecified atom stereocenters. The van der Waals surface area contributed by atoms with Crippen LogP contribution in [0.2, 0.25) is 0 Å². The predicted octanol–water partition coefficient (Wildman–Crippen LogP) is 6.08. The third kappa shape index (κ3) is 4.03. The maximum absolute atomic E-state index is 14.0. The maximum atomic E-state index is 14.0. The van der Waals surface area contributed by atoms with E-state index < -0.39 is 23.5 Å². The van der Waals surface area contributed by atoms with Gasteiger partial charge in [0.25, 0.3) is 5.89 Å². The van der Waals surface area contributed by atoms with Crippen molar-refractivity contribution in [1.29, 1.82) is 0 Å². The predicted molar refractivity (Wildman–Crippen MR) is 124 cm³/mol. The second-order valence-corrected chi connectivity index (χ2v) is 8.63. The highest BCUT2D eigenvalue weighted by Gasteiger charge is 2.35. The van der Waals surface area contributed by atoms with Crippen molar-refractivity contribution >= 4 is 39.9 Å². The normalized spacial score (nSPS) is 16.3. The second-order valence-electron chi connectivity index (χ2n) is 7.30. The first kappa shape index (κ1) is 21.4. The fourth-order valence-electron chi connectivity index (χ4n) is 3.77. The van der Waals surface area contributed by atoms with Gasteiger partial charge in [-0.3, -0.25) is 4.90 Å². The van der Waals surface area contributed by atoms with Crippen LogP contribution in [0.1, 0.15) is 24.4 Å². The highest BCUT2D eigenvalue weighted by atomic mass is 32.1. The monoisotopic (exact) mass is 484 g/mol. The summed E-state index contributed by atoms with van der Waals surface area (Å²) in [5.74, 6) is -1.33. The molecule has 0 aliphatic carbocycles. The molecule has 1 aliphatic heterocycles. The van der Waals surface area contributed by atoms with Crippen molar-refractivity contribution in [2.24, 2.45) is 0 Å². The third-order valence-corrected chi connectivity index (χ3v) is 6.34. The summed E-state index contributed by atoms with van der Waals surface area (Å²) in [7, 11) is 0. The van der Waals surface area contributed by atoms with Crippen molar-refractivity contribution in [1.82, 2.24) is 15.5 Å². The first-order valence-corrected chi connectivity index (χ1v) is 11.1. The Bertz CT molecular complexity index is 1360. The molecule has 0 fully saturated rings. The summed E-state index contributed by atoms with van der Waals surface area (Å²) < 4.78 is 47.6. The van der Waals surface area contributed by atoms with E-state index in [-0.39, 0.29) is 16.7 Å². The molecule has 10 heteroatoms. The van der Waals surface area contributed by atoms with Crippen LogP contribution in [-0.2, 0) is 0 Å². The van der Waals surface area contributed by atoms with E-state index >= 15 is 0 Å². The lowest BCUT2D eigenvalue weighted by atomic mass is 9.94. The Labute approximate surface area is 196 Å². The molecule has 0 saturated heterocycles. The van der Waals surface area contributed by atoms with Crippen LogP contribution in [0, 0.1) is 17.5 Å². The van der Waals surface area contributed by atoms with Gasteiger partial charge in [0.1, 0.15) is 17.5 Å². The highest BCUT2D eigenvalue weighted by Crippen LogP contribution is 2.39. The Kier molecular flexibility index (Phi) is 5.47. The van der Waals surface area contributed by atoms with E-state index in [0.29, 0.717) is 22.7 Å². The van der Waals surface area contributed by atoms with Gasteiger partial charge in [-0.25, -0.2) is 13.2 Å². The average Bonchev–Trinajstić information content (AvgIpc) is 3.45. The largest absolute Gasteiger partial charge is 0.351 e. The van der Waals surface area contributed by atoms with Crippen molar-refractivity contribution < 1.29 is 17.7 Å². The topological polar surface area (TPSA) is 54.2 Å². The van der Waals surface area contributed by atoms with Crippen molar-refractivity contribution in [3.05, 3.63) is 94.6 Å². The van der Waals surface area contributed by atoms with E-state index in [1.165, 1.54) is 40.5 Å². The summed E-state index contributed by atoms with van der Waals surface area (Å²) in [5.41, 5.74) is 1.79. The Balaban J connectivity index is 1.69. The van der Waals surface area contributed by atoms with Crippen LogP contribution in [0.25, 0.3) is 16.3 Å². The van der Waals surface area contributed by atoms with E-state index in [1.54, 1.807) is 19.1 Å². The van der Waals surface area contributed by atoms with Crippen molar-refractivity contribution in [3.63, 3.8) is 0 Å². The Hall–Kier alpha value is -3.50. The number of thiophene rings is 1. The summed E-state index contributed by atoms with van der Waals surface area (Å²) in [4.78, 5) is 6.84. The number of nitrogens with zero attached hydrogens (tertiary/aromatic N) is 3. The third-order valence-electron chi connectivity index (χ3n) is 5.17. The minimum absolute atomic E-state index is 0.182. The van der Waals surface area contributed by atoms with Crippen molar-refractivity contribution in [2.75, 3.05) is 4.90 Å². The van der Waals surface area contributed by atoms with E-state index in [4.69, 9.17) is 16.7 Å². The number of aromatic nitrogens is 2. The van der Waals surface area contributed by atoms with Gasteiger partial charge in [-0.05, 0) is 60.4 Å². The van der Waals surface area contributed by atoms with Crippen LogP contribution in [0.15, 0.2) is 70.2 Å². The van der Waals surface area contributed by atoms with Crippen LogP contribution in [0.5, 0.6) is 0 Å². The summed E-state index contributed by atoms with van der Waals surface area (Å²) in [6.07, 6.45) is 0. The summed E-state index contributed by atoms with van der Waals surface area (Å²) in [6, 6.07) is 12.3. The molecule has 5 rings (SSSR count). The molecule has 0 spiro atoms. The number of thiocarbonyl (C=S) groups is 1. The molecule has 1 aliphatic rings. The fourth-order valence-corrected chi connectivity index (χ4v) is 4.78. The molecule has 0 radical (unpaired) electrons.